The molecule has 0 bridgehead atoms. The lowest BCUT2D eigenvalue weighted by molar-refractivity contribution is 0.827. The van der Waals surface area contributed by atoms with Crippen LogP contribution in [0.1, 0.15) is 5.56 Å². The molecule has 0 amide bonds. The van der Waals surface area contributed by atoms with Crippen LogP contribution in [0, 0.1) is 0 Å². The number of nitrogens with zero attached hydrogens (tertiary/aromatic N) is 2. The van der Waals surface area contributed by atoms with Crippen LogP contribution in [-0.2, 0) is 7.05 Å². The molecule has 16 heavy (non-hydrogen) atoms. The van der Waals surface area contributed by atoms with Crippen molar-refractivity contribution in [1.82, 2.24) is 9.55 Å². The summed E-state index contributed by atoms with van der Waals surface area (Å²) in [7, 11) is 2.04. The Balaban J connectivity index is 2.34. The molecule has 1 aliphatic heterocycles. The van der Waals surface area contributed by atoms with Crippen molar-refractivity contribution < 1.29 is 0 Å². The average Bonchev–Trinajstić information content (AvgIpc) is 2.17. The topological polar surface area (TPSA) is 33.1 Å². The van der Waals surface area contributed by atoms with E-state index in [9.17, 15) is 0 Å². The monoisotopic (exact) mass is 211 g/mol. The molecule has 2 heterocycles. The lowest BCUT2D eigenvalue weighted by atomic mass is 9.92. The Bertz CT molecular complexity index is 667. The third-order valence-electron chi connectivity index (χ3n) is 3.09. The van der Waals surface area contributed by atoms with Crippen LogP contribution in [0.4, 0.5) is 0 Å². The predicted molar refractivity (Wildman–Crippen MR) is 66.9 cm³/mol. The predicted octanol–water partition coefficient (Wildman–Crippen LogP) is 0.520. The highest BCUT2D eigenvalue weighted by molar-refractivity contribution is 6.08. The van der Waals surface area contributed by atoms with Crippen LogP contribution in [0.5, 0.6) is 0 Å². The number of hydrogen-bond donors (Lipinski definition) is 1. The molecule has 0 radical (unpaired) electrons. The number of aromatic nitrogens is 2. The van der Waals surface area contributed by atoms with Gasteiger partial charge >= 0.3 is 0 Å². The molecule has 0 spiro atoms. The van der Waals surface area contributed by atoms with Crippen molar-refractivity contribution in [2.75, 3.05) is 6.54 Å². The van der Waals surface area contributed by atoms with E-state index < -0.39 is 0 Å². The van der Waals surface area contributed by atoms with Crippen molar-refractivity contribution in [1.29, 1.82) is 0 Å². The van der Waals surface area contributed by atoms with Crippen LogP contribution in [0.3, 0.4) is 0 Å². The summed E-state index contributed by atoms with van der Waals surface area (Å²) in [4.78, 5) is 7.26. The largest absolute Gasteiger partial charge is 0.367 e. The highest BCUT2D eigenvalue weighted by atomic mass is 14.9. The van der Waals surface area contributed by atoms with E-state index in [1.54, 1.807) is 0 Å². The zero-order valence-electron chi connectivity index (χ0n) is 9.20. The standard InChI is InChI=1S/C13H13N3/c1-9-3-4-14-8-12-11(10-6-15-7-10)5-13(12)16(9)2/h3-6,8,14H,1,7H2,2H3. The molecule has 0 aromatic carbocycles. The van der Waals surface area contributed by atoms with Crippen LogP contribution in [0.25, 0.3) is 18.2 Å². The summed E-state index contributed by atoms with van der Waals surface area (Å²) in [5.74, 6) is 0. The fraction of sp³-hybridized carbons (Fsp3) is 0.154. The molecule has 1 N–H and O–H groups in total. The Morgan fingerprint density at radius 3 is 3.00 bits per heavy atom. The van der Waals surface area contributed by atoms with Gasteiger partial charge in [-0.2, -0.15) is 0 Å². The van der Waals surface area contributed by atoms with Gasteiger partial charge in [-0.3, -0.25) is 4.99 Å². The average molecular weight is 211 g/mol. The van der Waals surface area contributed by atoms with E-state index >= 15 is 0 Å². The first-order chi connectivity index (χ1) is 7.77. The molecule has 0 saturated heterocycles. The third-order valence-corrected chi connectivity index (χ3v) is 3.09. The summed E-state index contributed by atoms with van der Waals surface area (Å²) in [6.45, 7) is 4.85. The van der Waals surface area contributed by atoms with Crippen LogP contribution in [0.2, 0.25) is 0 Å². The number of fused-ring (bicyclic) bond motifs is 1. The van der Waals surface area contributed by atoms with Gasteiger partial charge in [-0.25, -0.2) is 0 Å². The highest BCUT2D eigenvalue weighted by Gasteiger charge is 2.17. The molecule has 2 aliphatic rings. The van der Waals surface area contributed by atoms with E-state index in [0.717, 1.165) is 11.9 Å². The van der Waals surface area contributed by atoms with Gasteiger partial charge < -0.3 is 9.55 Å². The molecule has 0 fully saturated rings. The van der Waals surface area contributed by atoms with Gasteiger partial charge in [-0.15, -0.1) is 0 Å². The van der Waals surface area contributed by atoms with Gasteiger partial charge in [0.15, 0.2) is 0 Å². The molecule has 3 rings (SSSR count). The quantitative estimate of drug-likeness (QED) is 0.649. The first-order valence-corrected chi connectivity index (χ1v) is 5.28. The van der Waals surface area contributed by atoms with E-state index in [1.807, 2.05) is 31.7 Å². The minimum Gasteiger partial charge on any atom is -0.367 e. The summed E-state index contributed by atoms with van der Waals surface area (Å²) >= 11 is 0. The van der Waals surface area contributed by atoms with E-state index in [4.69, 9.17) is 0 Å². The first kappa shape index (κ1) is 9.21. The lowest BCUT2D eigenvalue weighted by Gasteiger charge is -2.20. The van der Waals surface area contributed by atoms with Gasteiger partial charge in [0.05, 0.1) is 11.9 Å². The first-order valence-electron chi connectivity index (χ1n) is 5.28. The van der Waals surface area contributed by atoms with Crippen molar-refractivity contribution >= 4 is 24.4 Å². The zero-order chi connectivity index (χ0) is 11.1. The minimum atomic E-state index is 0.844. The highest BCUT2D eigenvalue weighted by Crippen LogP contribution is 2.24. The number of nitrogens with one attached hydrogen (secondary N) is 1. The Morgan fingerprint density at radius 1 is 1.50 bits per heavy atom. The van der Waals surface area contributed by atoms with E-state index in [1.165, 1.54) is 22.1 Å². The second kappa shape index (κ2) is 3.23. The number of aliphatic imine (C=N–C) groups is 1. The fourth-order valence-electron chi connectivity index (χ4n) is 1.93. The maximum absolute atomic E-state index is 4.11. The third kappa shape index (κ3) is 1.18. The molecule has 1 aromatic rings. The van der Waals surface area contributed by atoms with Crippen LogP contribution in [0.15, 0.2) is 29.0 Å². The fourth-order valence-corrected chi connectivity index (χ4v) is 1.93. The number of allylic oxidation sites excluding steroid dienone is 1. The summed E-state index contributed by atoms with van der Waals surface area (Å²) in [6, 6.07) is 1.96. The molecular formula is C13H13N3. The Kier molecular flexibility index (Phi) is 1.86. The maximum Gasteiger partial charge on any atom is 0.0660 e. The second-order valence-corrected chi connectivity index (χ2v) is 4.05. The summed E-state index contributed by atoms with van der Waals surface area (Å²) in [6.07, 6.45) is 8.06. The Morgan fingerprint density at radius 2 is 2.31 bits per heavy atom. The summed E-state index contributed by atoms with van der Waals surface area (Å²) in [5.41, 5.74) is 3.86. The van der Waals surface area contributed by atoms with E-state index in [0.29, 0.717) is 0 Å². The molecule has 0 saturated carbocycles. The normalized spacial score (nSPS) is 20.3. The smallest absolute Gasteiger partial charge is 0.0660 e. The number of rotatable bonds is 0. The minimum absolute atomic E-state index is 0.844. The lowest BCUT2D eigenvalue weighted by Crippen LogP contribution is -2.35. The van der Waals surface area contributed by atoms with Crippen molar-refractivity contribution in [3.05, 3.63) is 40.3 Å². The van der Waals surface area contributed by atoms with E-state index in [-0.39, 0.29) is 0 Å². The van der Waals surface area contributed by atoms with Gasteiger partial charge in [-0.1, -0.05) is 6.58 Å². The second-order valence-electron chi connectivity index (χ2n) is 4.05. The number of H-pyrrole nitrogens is 1. The molecule has 3 nitrogen and oxygen atoms in total. The number of hydrogen-bond acceptors (Lipinski definition) is 1. The summed E-state index contributed by atoms with van der Waals surface area (Å²) in [5, 5.41) is 2.19. The molecular weight excluding hydrogens is 198 g/mol. The molecule has 0 atom stereocenters. The van der Waals surface area contributed by atoms with Crippen molar-refractivity contribution in [2.45, 2.75) is 0 Å². The van der Waals surface area contributed by atoms with Crippen molar-refractivity contribution in [2.24, 2.45) is 12.0 Å². The van der Waals surface area contributed by atoms with Gasteiger partial charge in [0.1, 0.15) is 0 Å². The number of aromatic amines is 1. The molecule has 0 unspecified atom stereocenters. The van der Waals surface area contributed by atoms with Gasteiger partial charge in [0.25, 0.3) is 0 Å². The van der Waals surface area contributed by atoms with Crippen molar-refractivity contribution in [3.8, 4) is 0 Å². The van der Waals surface area contributed by atoms with Gasteiger partial charge in [-0.05, 0) is 23.3 Å². The summed E-state index contributed by atoms with van der Waals surface area (Å²) < 4.78 is 2.10. The SMILES string of the molecule is C=c1cc[nH]cc2c(n1C)=CC2=C1C=NC1. The molecule has 1 aromatic heterocycles. The maximum atomic E-state index is 4.11. The van der Waals surface area contributed by atoms with E-state index in [2.05, 4.69) is 27.2 Å². The van der Waals surface area contributed by atoms with Gasteiger partial charge in [0, 0.05) is 36.6 Å². The van der Waals surface area contributed by atoms with Crippen LogP contribution < -0.4 is 10.7 Å². The molecule has 80 valence electrons. The van der Waals surface area contributed by atoms with Crippen LogP contribution >= 0.6 is 0 Å². The van der Waals surface area contributed by atoms with Crippen LogP contribution in [-0.4, -0.2) is 22.3 Å². The Labute approximate surface area is 93.5 Å². The molecule has 1 aliphatic carbocycles. The van der Waals surface area contributed by atoms with Gasteiger partial charge in [0.2, 0.25) is 0 Å². The zero-order valence-corrected chi connectivity index (χ0v) is 9.20. The molecule has 3 heteroatoms. The van der Waals surface area contributed by atoms with Crippen molar-refractivity contribution in [3.63, 3.8) is 0 Å². The Hall–Kier alpha value is -2.03.